The maximum absolute atomic E-state index is 3.63. The van der Waals surface area contributed by atoms with E-state index in [0.29, 0.717) is 6.04 Å². The van der Waals surface area contributed by atoms with E-state index in [1.807, 2.05) is 0 Å². The summed E-state index contributed by atoms with van der Waals surface area (Å²) in [4.78, 5) is 2.67. The Morgan fingerprint density at radius 2 is 1.75 bits per heavy atom. The third kappa shape index (κ3) is 5.31. The van der Waals surface area contributed by atoms with Gasteiger partial charge in [0.2, 0.25) is 0 Å². The Balaban J connectivity index is 2.17. The molecule has 1 aliphatic rings. The first kappa shape index (κ1) is 14.0. The van der Waals surface area contributed by atoms with Crippen LogP contribution in [0.1, 0.15) is 47.5 Å². The summed E-state index contributed by atoms with van der Waals surface area (Å²) in [6.45, 7) is 15.1. The fourth-order valence-corrected chi connectivity index (χ4v) is 2.00. The predicted octanol–water partition coefficient (Wildman–Crippen LogP) is 2.74. The van der Waals surface area contributed by atoms with E-state index in [9.17, 15) is 0 Å². The monoisotopic (exact) mass is 226 g/mol. The molecular formula is C14H30N2. The van der Waals surface area contributed by atoms with Gasteiger partial charge in [-0.2, -0.15) is 0 Å². The number of hydrogen-bond acceptors (Lipinski definition) is 2. The second kappa shape index (κ2) is 6.61. The molecule has 0 saturated heterocycles. The third-order valence-electron chi connectivity index (χ3n) is 3.53. The van der Waals surface area contributed by atoms with Gasteiger partial charge in [0.1, 0.15) is 0 Å². The lowest BCUT2D eigenvalue weighted by Crippen LogP contribution is -2.40. The molecule has 1 rings (SSSR count). The van der Waals surface area contributed by atoms with E-state index in [1.165, 1.54) is 25.9 Å². The van der Waals surface area contributed by atoms with Crippen LogP contribution in [0.25, 0.3) is 0 Å². The third-order valence-corrected chi connectivity index (χ3v) is 3.53. The minimum atomic E-state index is 0.639. The molecule has 1 N–H and O–H groups in total. The lowest BCUT2D eigenvalue weighted by atomic mass is 10.1. The standard InChI is InChI=1S/C14H30N2/c1-11(2)10-16(14-6-7-14)9-8-15-13(5)12(3)4/h11-15H,6-10H2,1-5H3. The van der Waals surface area contributed by atoms with Gasteiger partial charge in [-0.3, -0.25) is 4.90 Å². The maximum Gasteiger partial charge on any atom is 0.0110 e. The van der Waals surface area contributed by atoms with Gasteiger partial charge in [-0.1, -0.05) is 27.7 Å². The fraction of sp³-hybridized carbons (Fsp3) is 1.00. The Morgan fingerprint density at radius 1 is 1.12 bits per heavy atom. The summed E-state index contributed by atoms with van der Waals surface area (Å²) in [7, 11) is 0. The Labute approximate surface area is 102 Å². The largest absolute Gasteiger partial charge is 0.313 e. The Hall–Kier alpha value is -0.0800. The van der Waals surface area contributed by atoms with Crippen LogP contribution in [0.3, 0.4) is 0 Å². The molecule has 0 radical (unpaired) electrons. The van der Waals surface area contributed by atoms with Crippen molar-refractivity contribution in [2.45, 2.75) is 59.5 Å². The molecule has 1 unspecified atom stereocenters. The molecule has 1 fully saturated rings. The summed E-state index contributed by atoms with van der Waals surface area (Å²) < 4.78 is 0. The van der Waals surface area contributed by atoms with E-state index in [4.69, 9.17) is 0 Å². The van der Waals surface area contributed by atoms with Crippen molar-refractivity contribution in [1.82, 2.24) is 10.2 Å². The Bertz CT molecular complexity index is 185. The molecule has 0 heterocycles. The molecule has 1 saturated carbocycles. The summed E-state index contributed by atoms with van der Waals surface area (Å²) in [5.41, 5.74) is 0. The number of nitrogens with one attached hydrogen (secondary N) is 1. The maximum atomic E-state index is 3.63. The van der Waals surface area contributed by atoms with E-state index in [0.717, 1.165) is 24.4 Å². The zero-order valence-corrected chi connectivity index (χ0v) is 11.8. The Kier molecular flexibility index (Phi) is 5.77. The highest BCUT2D eigenvalue weighted by atomic mass is 15.2. The number of nitrogens with zero attached hydrogens (tertiary/aromatic N) is 1. The van der Waals surface area contributed by atoms with Crippen molar-refractivity contribution in [3.05, 3.63) is 0 Å². The van der Waals surface area contributed by atoms with Crippen LogP contribution in [0.15, 0.2) is 0 Å². The number of rotatable bonds is 8. The number of hydrogen-bond donors (Lipinski definition) is 1. The Morgan fingerprint density at radius 3 is 2.19 bits per heavy atom. The van der Waals surface area contributed by atoms with Crippen LogP contribution in [-0.4, -0.2) is 36.6 Å². The van der Waals surface area contributed by atoms with Crippen molar-refractivity contribution >= 4 is 0 Å². The van der Waals surface area contributed by atoms with Gasteiger partial charge in [-0.15, -0.1) is 0 Å². The lowest BCUT2D eigenvalue weighted by Gasteiger charge is -2.26. The van der Waals surface area contributed by atoms with Crippen molar-refractivity contribution in [2.24, 2.45) is 11.8 Å². The molecule has 1 atom stereocenters. The lowest BCUT2D eigenvalue weighted by molar-refractivity contribution is 0.229. The van der Waals surface area contributed by atoms with Gasteiger partial charge < -0.3 is 5.32 Å². The SMILES string of the molecule is CC(C)CN(CCNC(C)C(C)C)C1CC1. The first-order valence-electron chi connectivity index (χ1n) is 6.98. The van der Waals surface area contributed by atoms with Crippen molar-refractivity contribution in [1.29, 1.82) is 0 Å². The second-order valence-corrected chi connectivity index (χ2v) is 6.11. The van der Waals surface area contributed by atoms with Gasteiger partial charge in [-0.25, -0.2) is 0 Å². The molecule has 96 valence electrons. The summed E-state index contributed by atoms with van der Waals surface area (Å²) in [5.74, 6) is 1.53. The molecule has 2 heteroatoms. The summed E-state index contributed by atoms with van der Waals surface area (Å²) in [6, 6.07) is 1.54. The fourth-order valence-electron chi connectivity index (χ4n) is 2.00. The van der Waals surface area contributed by atoms with E-state index in [1.54, 1.807) is 0 Å². The van der Waals surface area contributed by atoms with Gasteiger partial charge in [0.25, 0.3) is 0 Å². The highest BCUT2D eigenvalue weighted by Crippen LogP contribution is 2.27. The summed E-state index contributed by atoms with van der Waals surface area (Å²) in [5, 5.41) is 3.63. The summed E-state index contributed by atoms with van der Waals surface area (Å²) >= 11 is 0. The van der Waals surface area contributed by atoms with Gasteiger partial charge in [0.15, 0.2) is 0 Å². The zero-order chi connectivity index (χ0) is 12.1. The summed E-state index contributed by atoms with van der Waals surface area (Å²) in [6.07, 6.45) is 2.85. The molecular weight excluding hydrogens is 196 g/mol. The average molecular weight is 226 g/mol. The van der Waals surface area contributed by atoms with Crippen LogP contribution in [0.5, 0.6) is 0 Å². The molecule has 2 nitrogen and oxygen atoms in total. The zero-order valence-electron chi connectivity index (χ0n) is 11.8. The first-order chi connectivity index (χ1) is 7.50. The van der Waals surface area contributed by atoms with E-state index >= 15 is 0 Å². The van der Waals surface area contributed by atoms with Crippen molar-refractivity contribution < 1.29 is 0 Å². The van der Waals surface area contributed by atoms with Crippen molar-refractivity contribution in [3.8, 4) is 0 Å². The van der Waals surface area contributed by atoms with Gasteiger partial charge >= 0.3 is 0 Å². The molecule has 0 aromatic heterocycles. The minimum Gasteiger partial charge on any atom is -0.313 e. The van der Waals surface area contributed by atoms with Crippen LogP contribution in [0.2, 0.25) is 0 Å². The van der Waals surface area contributed by atoms with E-state index in [-0.39, 0.29) is 0 Å². The molecule has 0 bridgehead atoms. The van der Waals surface area contributed by atoms with E-state index in [2.05, 4.69) is 44.8 Å². The van der Waals surface area contributed by atoms with Gasteiger partial charge in [-0.05, 0) is 31.6 Å². The van der Waals surface area contributed by atoms with Crippen molar-refractivity contribution in [2.75, 3.05) is 19.6 Å². The van der Waals surface area contributed by atoms with Crippen LogP contribution in [-0.2, 0) is 0 Å². The molecule has 16 heavy (non-hydrogen) atoms. The van der Waals surface area contributed by atoms with Gasteiger partial charge in [0, 0.05) is 31.7 Å². The van der Waals surface area contributed by atoms with Crippen LogP contribution >= 0.6 is 0 Å². The molecule has 0 spiro atoms. The molecule has 1 aliphatic carbocycles. The molecule has 0 aliphatic heterocycles. The normalized spacial score (nSPS) is 18.8. The predicted molar refractivity (Wildman–Crippen MR) is 71.7 cm³/mol. The quantitative estimate of drug-likeness (QED) is 0.684. The topological polar surface area (TPSA) is 15.3 Å². The highest BCUT2D eigenvalue weighted by molar-refractivity contribution is 4.85. The smallest absolute Gasteiger partial charge is 0.0110 e. The van der Waals surface area contributed by atoms with Crippen molar-refractivity contribution in [3.63, 3.8) is 0 Å². The second-order valence-electron chi connectivity index (χ2n) is 6.11. The minimum absolute atomic E-state index is 0.639. The van der Waals surface area contributed by atoms with Crippen LogP contribution in [0.4, 0.5) is 0 Å². The van der Waals surface area contributed by atoms with Gasteiger partial charge in [0.05, 0.1) is 0 Å². The molecule has 0 aromatic rings. The highest BCUT2D eigenvalue weighted by Gasteiger charge is 2.28. The first-order valence-corrected chi connectivity index (χ1v) is 6.98. The van der Waals surface area contributed by atoms with Crippen LogP contribution < -0.4 is 5.32 Å². The van der Waals surface area contributed by atoms with Crippen LogP contribution in [0, 0.1) is 11.8 Å². The molecule has 0 amide bonds. The van der Waals surface area contributed by atoms with E-state index < -0.39 is 0 Å². The molecule has 0 aromatic carbocycles. The average Bonchev–Trinajstić information content (AvgIpc) is 2.98.